The van der Waals surface area contributed by atoms with Crippen LogP contribution < -0.4 is 10.5 Å². The Balaban J connectivity index is 1.69. The first-order valence-corrected chi connectivity index (χ1v) is 10.9. The summed E-state index contributed by atoms with van der Waals surface area (Å²) in [5.74, 6) is -1.91. The lowest BCUT2D eigenvalue weighted by Crippen LogP contribution is -2.14. The largest absolute Gasteiger partial charge is 0.475 e. The molecule has 0 saturated carbocycles. The molecule has 4 aromatic carbocycles. The summed E-state index contributed by atoms with van der Waals surface area (Å²) in [6.45, 7) is 0.388. The van der Waals surface area contributed by atoms with Crippen molar-refractivity contribution in [2.45, 2.75) is 6.54 Å². The SMILES string of the molecule is NC(=O)c1cccc2c1c1c(C(=O)C(=O)O)cccc1n2Cc1cccc(Oc2ccccc2)c1. The zero-order chi connectivity index (χ0) is 24.5. The predicted octanol–water partition coefficient (Wildman–Crippen LogP) is 5.00. The van der Waals surface area contributed by atoms with Crippen molar-refractivity contribution in [1.82, 2.24) is 4.57 Å². The van der Waals surface area contributed by atoms with Crippen LogP contribution in [0.2, 0.25) is 0 Å². The van der Waals surface area contributed by atoms with Crippen molar-refractivity contribution in [2.24, 2.45) is 5.73 Å². The van der Waals surface area contributed by atoms with Crippen LogP contribution in [0.3, 0.4) is 0 Å². The topological polar surface area (TPSA) is 112 Å². The number of carboxylic acids is 1. The van der Waals surface area contributed by atoms with Gasteiger partial charge in [0.25, 0.3) is 5.78 Å². The number of nitrogens with two attached hydrogens (primary N) is 1. The number of carbonyl (C=O) groups excluding carboxylic acids is 2. The second kappa shape index (κ2) is 8.79. The molecule has 0 spiro atoms. The number of hydrogen-bond donors (Lipinski definition) is 2. The number of nitrogens with zero attached hydrogens (tertiary/aromatic N) is 1. The van der Waals surface area contributed by atoms with Gasteiger partial charge in [-0.15, -0.1) is 0 Å². The minimum Gasteiger partial charge on any atom is -0.475 e. The van der Waals surface area contributed by atoms with E-state index in [0.29, 0.717) is 39.8 Å². The second-order valence-corrected chi connectivity index (χ2v) is 8.05. The van der Waals surface area contributed by atoms with Crippen LogP contribution in [0.15, 0.2) is 91.0 Å². The summed E-state index contributed by atoms with van der Waals surface area (Å²) in [7, 11) is 0. The summed E-state index contributed by atoms with van der Waals surface area (Å²) in [6.07, 6.45) is 0. The van der Waals surface area contributed by atoms with Gasteiger partial charge in [0, 0.05) is 28.4 Å². The molecule has 0 fully saturated rings. The molecule has 1 aromatic heterocycles. The fourth-order valence-electron chi connectivity index (χ4n) is 4.38. The summed E-state index contributed by atoms with van der Waals surface area (Å²) in [5.41, 5.74) is 8.07. The number of amides is 1. The molecule has 172 valence electrons. The van der Waals surface area contributed by atoms with Crippen molar-refractivity contribution in [2.75, 3.05) is 0 Å². The number of rotatable bonds is 7. The molecule has 0 aliphatic rings. The van der Waals surface area contributed by atoms with Gasteiger partial charge < -0.3 is 20.1 Å². The van der Waals surface area contributed by atoms with E-state index in [1.54, 1.807) is 24.3 Å². The maximum atomic E-state index is 12.5. The van der Waals surface area contributed by atoms with Gasteiger partial charge in [0.15, 0.2) is 0 Å². The summed E-state index contributed by atoms with van der Waals surface area (Å²) in [4.78, 5) is 36.3. The molecular weight excluding hydrogens is 444 g/mol. The van der Waals surface area contributed by atoms with Gasteiger partial charge in [-0.05, 0) is 54.1 Å². The van der Waals surface area contributed by atoms with Gasteiger partial charge in [0.2, 0.25) is 5.91 Å². The summed E-state index contributed by atoms with van der Waals surface area (Å²) in [5, 5.41) is 10.2. The Morgan fingerprint density at radius 3 is 2.00 bits per heavy atom. The number of aliphatic carboxylic acids is 1. The third-order valence-electron chi connectivity index (χ3n) is 5.84. The molecule has 7 heteroatoms. The van der Waals surface area contributed by atoms with E-state index < -0.39 is 17.7 Å². The lowest BCUT2D eigenvalue weighted by molar-refractivity contribution is -0.131. The molecule has 5 rings (SSSR count). The first kappa shape index (κ1) is 21.9. The molecule has 7 nitrogen and oxygen atoms in total. The number of ketones is 1. The first-order chi connectivity index (χ1) is 16.9. The number of primary amides is 1. The van der Waals surface area contributed by atoms with Crippen molar-refractivity contribution in [3.05, 3.63) is 108 Å². The van der Waals surface area contributed by atoms with Crippen LogP contribution in [0.4, 0.5) is 0 Å². The molecule has 0 aliphatic heterocycles. The van der Waals surface area contributed by atoms with Crippen LogP contribution in [0, 0.1) is 0 Å². The number of carboxylic acid groups (broad SMARTS) is 1. The molecule has 0 radical (unpaired) electrons. The molecule has 35 heavy (non-hydrogen) atoms. The monoisotopic (exact) mass is 464 g/mol. The minimum atomic E-state index is -1.57. The number of carbonyl (C=O) groups is 3. The highest BCUT2D eigenvalue weighted by molar-refractivity contribution is 6.43. The smallest absolute Gasteiger partial charge is 0.377 e. The molecule has 1 heterocycles. The normalized spacial score (nSPS) is 11.0. The van der Waals surface area contributed by atoms with E-state index in [1.165, 1.54) is 6.07 Å². The second-order valence-electron chi connectivity index (χ2n) is 8.05. The van der Waals surface area contributed by atoms with Crippen molar-refractivity contribution >= 4 is 39.5 Å². The Bertz CT molecular complexity index is 1620. The maximum absolute atomic E-state index is 12.5. The molecule has 5 aromatic rings. The van der Waals surface area contributed by atoms with E-state index in [-0.39, 0.29) is 11.1 Å². The molecule has 0 unspecified atom stereocenters. The van der Waals surface area contributed by atoms with E-state index in [1.807, 2.05) is 65.2 Å². The van der Waals surface area contributed by atoms with Crippen LogP contribution in [-0.4, -0.2) is 27.3 Å². The Hall–Kier alpha value is -4.91. The lowest BCUT2D eigenvalue weighted by atomic mass is 9.99. The molecule has 3 N–H and O–H groups in total. The third-order valence-corrected chi connectivity index (χ3v) is 5.84. The van der Waals surface area contributed by atoms with Gasteiger partial charge in [-0.3, -0.25) is 9.59 Å². The Morgan fingerprint density at radius 1 is 0.743 bits per heavy atom. The Morgan fingerprint density at radius 2 is 1.34 bits per heavy atom. The Labute approximate surface area is 200 Å². The number of benzene rings is 4. The standard InChI is InChI=1S/C28H20N2O5/c29-27(32)21-12-6-14-23-25(21)24-20(26(31)28(33)34)11-5-13-22(24)30(23)16-17-7-4-10-19(15-17)35-18-8-2-1-3-9-18/h1-15H,16H2,(H2,29,32)(H,33,34). The minimum absolute atomic E-state index is 0.00797. The van der Waals surface area contributed by atoms with E-state index in [0.717, 1.165) is 5.56 Å². The fourth-order valence-corrected chi connectivity index (χ4v) is 4.38. The molecule has 0 saturated heterocycles. The van der Waals surface area contributed by atoms with Crippen LogP contribution in [0.1, 0.15) is 26.3 Å². The Kier molecular flexibility index (Phi) is 5.51. The van der Waals surface area contributed by atoms with E-state index in [9.17, 15) is 19.5 Å². The van der Waals surface area contributed by atoms with Crippen molar-refractivity contribution in [3.63, 3.8) is 0 Å². The van der Waals surface area contributed by atoms with Gasteiger partial charge in [0.1, 0.15) is 11.5 Å². The highest BCUT2D eigenvalue weighted by atomic mass is 16.5. The zero-order valence-electron chi connectivity index (χ0n) is 18.5. The predicted molar refractivity (Wildman–Crippen MR) is 132 cm³/mol. The maximum Gasteiger partial charge on any atom is 0.377 e. The van der Waals surface area contributed by atoms with Crippen molar-refractivity contribution in [1.29, 1.82) is 0 Å². The number of aromatic nitrogens is 1. The molecule has 0 atom stereocenters. The van der Waals surface area contributed by atoms with Gasteiger partial charge in [-0.1, -0.05) is 42.5 Å². The van der Waals surface area contributed by atoms with Crippen molar-refractivity contribution < 1.29 is 24.2 Å². The summed E-state index contributed by atoms with van der Waals surface area (Å²) in [6, 6.07) is 27.0. The van der Waals surface area contributed by atoms with Crippen LogP contribution in [0.5, 0.6) is 11.5 Å². The van der Waals surface area contributed by atoms with E-state index in [2.05, 4.69) is 0 Å². The van der Waals surface area contributed by atoms with E-state index in [4.69, 9.17) is 10.5 Å². The number of Topliss-reactive ketones (excluding diaryl/α,β-unsaturated/α-hetero) is 1. The van der Waals surface area contributed by atoms with Gasteiger partial charge in [-0.25, -0.2) is 4.79 Å². The molecule has 0 bridgehead atoms. The third kappa shape index (κ3) is 4.00. The number of hydrogen-bond acceptors (Lipinski definition) is 4. The number of ether oxygens (including phenoxy) is 1. The fraction of sp³-hybridized carbons (Fsp3) is 0.0357. The van der Waals surface area contributed by atoms with Crippen LogP contribution in [-0.2, 0) is 11.3 Å². The molecule has 1 amide bonds. The molecule has 0 aliphatic carbocycles. The van der Waals surface area contributed by atoms with Crippen LogP contribution in [0.25, 0.3) is 21.8 Å². The zero-order valence-corrected chi connectivity index (χ0v) is 18.5. The van der Waals surface area contributed by atoms with Gasteiger partial charge in [0.05, 0.1) is 11.0 Å². The lowest BCUT2D eigenvalue weighted by Gasteiger charge is -2.11. The summed E-state index contributed by atoms with van der Waals surface area (Å²) >= 11 is 0. The summed E-state index contributed by atoms with van der Waals surface area (Å²) < 4.78 is 7.90. The number of para-hydroxylation sites is 1. The van der Waals surface area contributed by atoms with E-state index >= 15 is 0 Å². The molecular formula is C28H20N2O5. The van der Waals surface area contributed by atoms with Gasteiger partial charge >= 0.3 is 5.97 Å². The average Bonchev–Trinajstić information content (AvgIpc) is 3.18. The van der Waals surface area contributed by atoms with Crippen LogP contribution >= 0.6 is 0 Å². The highest BCUT2D eigenvalue weighted by Gasteiger charge is 2.24. The quantitative estimate of drug-likeness (QED) is 0.260. The average molecular weight is 464 g/mol. The van der Waals surface area contributed by atoms with Crippen molar-refractivity contribution in [3.8, 4) is 11.5 Å². The number of fused-ring (bicyclic) bond motifs is 3. The first-order valence-electron chi connectivity index (χ1n) is 10.9. The highest BCUT2D eigenvalue weighted by Crippen LogP contribution is 2.35. The van der Waals surface area contributed by atoms with Gasteiger partial charge in [-0.2, -0.15) is 0 Å².